The molecule has 1 saturated carbocycles. The molecule has 1 amide bonds. The van der Waals surface area contributed by atoms with Crippen molar-refractivity contribution in [3.63, 3.8) is 0 Å². The van der Waals surface area contributed by atoms with Gasteiger partial charge in [-0.25, -0.2) is 0 Å². The lowest BCUT2D eigenvalue weighted by atomic mass is 9.99. The summed E-state index contributed by atoms with van der Waals surface area (Å²) in [4.78, 5) is 25.2. The number of nitrogens with zero attached hydrogens (tertiary/aromatic N) is 1. The van der Waals surface area contributed by atoms with Gasteiger partial charge >= 0.3 is 5.97 Å². The van der Waals surface area contributed by atoms with Crippen LogP contribution in [0.1, 0.15) is 33.6 Å². The summed E-state index contributed by atoms with van der Waals surface area (Å²) in [5.74, 6) is -1.05. The SMILES string of the molecule is CC1CCCN(C(=O)C2C(C(=O)O)C2(C)C)C1. The zero-order valence-electron chi connectivity index (χ0n) is 10.8. The van der Waals surface area contributed by atoms with Gasteiger partial charge in [0.2, 0.25) is 5.91 Å². The van der Waals surface area contributed by atoms with Crippen LogP contribution in [0.25, 0.3) is 0 Å². The summed E-state index contributed by atoms with van der Waals surface area (Å²) in [5.41, 5.74) is -0.371. The van der Waals surface area contributed by atoms with Gasteiger partial charge in [0, 0.05) is 13.1 Å². The number of rotatable bonds is 2. The lowest BCUT2D eigenvalue weighted by Gasteiger charge is -2.31. The Morgan fingerprint density at radius 3 is 2.41 bits per heavy atom. The maximum atomic E-state index is 12.3. The molecule has 2 rings (SSSR count). The van der Waals surface area contributed by atoms with E-state index in [9.17, 15) is 9.59 Å². The van der Waals surface area contributed by atoms with E-state index in [1.54, 1.807) is 0 Å². The Balaban J connectivity index is 2.04. The molecule has 0 aromatic rings. The number of hydrogen-bond acceptors (Lipinski definition) is 2. The van der Waals surface area contributed by atoms with Crippen LogP contribution in [-0.4, -0.2) is 35.0 Å². The lowest BCUT2D eigenvalue weighted by molar-refractivity contribution is -0.142. The van der Waals surface area contributed by atoms with Crippen molar-refractivity contribution >= 4 is 11.9 Å². The number of carboxylic acid groups (broad SMARTS) is 1. The molecule has 4 heteroatoms. The molecule has 2 aliphatic rings. The first-order valence-electron chi connectivity index (χ1n) is 6.37. The van der Waals surface area contributed by atoms with Crippen molar-refractivity contribution in [1.82, 2.24) is 4.90 Å². The molecule has 4 nitrogen and oxygen atoms in total. The lowest BCUT2D eigenvalue weighted by Crippen LogP contribution is -2.40. The zero-order valence-corrected chi connectivity index (χ0v) is 10.8. The van der Waals surface area contributed by atoms with Gasteiger partial charge in [-0.15, -0.1) is 0 Å². The van der Waals surface area contributed by atoms with Gasteiger partial charge in [0.1, 0.15) is 0 Å². The summed E-state index contributed by atoms with van der Waals surface area (Å²) in [7, 11) is 0. The number of aliphatic carboxylic acids is 1. The van der Waals surface area contributed by atoms with Gasteiger partial charge in [-0.3, -0.25) is 9.59 Å². The van der Waals surface area contributed by atoms with Gasteiger partial charge < -0.3 is 10.0 Å². The van der Waals surface area contributed by atoms with Crippen LogP contribution >= 0.6 is 0 Å². The number of amides is 1. The van der Waals surface area contributed by atoms with E-state index in [1.165, 1.54) is 6.42 Å². The molecule has 2 fully saturated rings. The molecule has 1 aliphatic carbocycles. The average Bonchev–Trinajstić information content (AvgIpc) is 2.80. The number of likely N-dealkylation sites (tertiary alicyclic amines) is 1. The second-order valence-electron chi connectivity index (χ2n) is 6.15. The van der Waals surface area contributed by atoms with E-state index in [0.29, 0.717) is 5.92 Å². The van der Waals surface area contributed by atoms with E-state index in [-0.39, 0.29) is 17.2 Å². The third-order valence-electron chi connectivity index (χ3n) is 4.33. The highest BCUT2D eigenvalue weighted by Crippen LogP contribution is 2.59. The minimum Gasteiger partial charge on any atom is -0.481 e. The number of hydrogen-bond donors (Lipinski definition) is 1. The fourth-order valence-electron chi connectivity index (χ4n) is 3.15. The summed E-state index contributed by atoms with van der Waals surface area (Å²) in [6.45, 7) is 7.48. The van der Waals surface area contributed by atoms with Crippen LogP contribution < -0.4 is 0 Å². The molecule has 0 aromatic carbocycles. The molecule has 1 heterocycles. The first-order chi connectivity index (χ1) is 7.85. The standard InChI is InChI=1S/C13H21NO3/c1-8-5-4-6-14(7-8)11(15)9-10(12(16)17)13(9,2)3/h8-10H,4-7H2,1-3H3,(H,16,17). The van der Waals surface area contributed by atoms with Crippen molar-refractivity contribution in [3.8, 4) is 0 Å². The maximum absolute atomic E-state index is 12.3. The summed E-state index contributed by atoms with van der Waals surface area (Å²) in [6, 6.07) is 0. The smallest absolute Gasteiger partial charge is 0.307 e. The van der Waals surface area contributed by atoms with Crippen molar-refractivity contribution in [2.45, 2.75) is 33.6 Å². The van der Waals surface area contributed by atoms with Gasteiger partial charge in [0.05, 0.1) is 11.8 Å². The fraction of sp³-hybridized carbons (Fsp3) is 0.846. The Morgan fingerprint density at radius 2 is 1.94 bits per heavy atom. The molecule has 0 radical (unpaired) electrons. The van der Waals surface area contributed by atoms with E-state index in [4.69, 9.17) is 5.11 Å². The topological polar surface area (TPSA) is 57.6 Å². The highest BCUT2D eigenvalue weighted by atomic mass is 16.4. The van der Waals surface area contributed by atoms with Gasteiger partial charge in [-0.1, -0.05) is 20.8 Å². The first kappa shape index (κ1) is 12.4. The van der Waals surface area contributed by atoms with Crippen LogP contribution in [0.15, 0.2) is 0 Å². The second kappa shape index (κ2) is 4.00. The molecule has 1 saturated heterocycles. The van der Waals surface area contributed by atoms with E-state index in [2.05, 4.69) is 6.92 Å². The number of carbonyl (C=O) groups excluding carboxylic acids is 1. The van der Waals surface area contributed by atoms with Crippen LogP contribution in [0.2, 0.25) is 0 Å². The molecule has 17 heavy (non-hydrogen) atoms. The van der Waals surface area contributed by atoms with Crippen LogP contribution in [0.5, 0.6) is 0 Å². The quantitative estimate of drug-likeness (QED) is 0.796. The molecule has 0 aromatic heterocycles. The Kier molecular flexibility index (Phi) is 2.92. The van der Waals surface area contributed by atoms with Crippen molar-refractivity contribution in [2.75, 3.05) is 13.1 Å². The van der Waals surface area contributed by atoms with Crippen molar-refractivity contribution in [1.29, 1.82) is 0 Å². The monoisotopic (exact) mass is 239 g/mol. The summed E-state index contributed by atoms with van der Waals surface area (Å²) in [5, 5.41) is 9.09. The van der Waals surface area contributed by atoms with Crippen molar-refractivity contribution in [2.24, 2.45) is 23.2 Å². The van der Waals surface area contributed by atoms with Gasteiger partial charge in [0.15, 0.2) is 0 Å². The van der Waals surface area contributed by atoms with E-state index in [1.807, 2.05) is 18.7 Å². The maximum Gasteiger partial charge on any atom is 0.307 e. The van der Waals surface area contributed by atoms with Crippen LogP contribution in [0, 0.1) is 23.2 Å². The summed E-state index contributed by atoms with van der Waals surface area (Å²) >= 11 is 0. The normalized spacial score (nSPS) is 35.5. The molecule has 3 unspecified atom stereocenters. The van der Waals surface area contributed by atoms with Crippen molar-refractivity contribution < 1.29 is 14.7 Å². The van der Waals surface area contributed by atoms with Gasteiger partial charge in [0.25, 0.3) is 0 Å². The molecule has 3 atom stereocenters. The van der Waals surface area contributed by atoms with E-state index < -0.39 is 11.9 Å². The molecule has 1 N–H and O–H groups in total. The molecular formula is C13H21NO3. The van der Waals surface area contributed by atoms with E-state index in [0.717, 1.165) is 19.5 Å². The third-order valence-corrected chi connectivity index (χ3v) is 4.33. The Hall–Kier alpha value is -1.06. The van der Waals surface area contributed by atoms with Crippen molar-refractivity contribution in [3.05, 3.63) is 0 Å². The molecule has 0 bridgehead atoms. The molecular weight excluding hydrogens is 218 g/mol. The van der Waals surface area contributed by atoms with Gasteiger partial charge in [-0.2, -0.15) is 0 Å². The first-order valence-corrected chi connectivity index (χ1v) is 6.37. The number of carboxylic acids is 1. The predicted molar refractivity (Wildman–Crippen MR) is 63.4 cm³/mol. The summed E-state index contributed by atoms with van der Waals surface area (Å²) in [6.07, 6.45) is 2.21. The fourth-order valence-corrected chi connectivity index (χ4v) is 3.15. The van der Waals surface area contributed by atoms with E-state index >= 15 is 0 Å². The minimum absolute atomic E-state index is 0.0500. The number of carbonyl (C=O) groups is 2. The number of piperidine rings is 1. The highest BCUT2D eigenvalue weighted by molar-refractivity contribution is 5.91. The largest absolute Gasteiger partial charge is 0.481 e. The Labute approximate surface area is 102 Å². The molecule has 0 spiro atoms. The van der Waals surface area contributed by atoms with Crippen LogP contribution in [0.3, 0.4) is 0 Å². The highest BCUT2D eigenvalue weighted by Gasteiger charge is 2.66. The average molecular weight is 239 g/mol. The Bertz CT molecular complexity index is 351. The third kappa shape index (κ3) is 2.05. The van der Waals surface area contributed by atoms with Crippen LogP contribution in [-0.2, 0) is 9.59 Å². The molecule has 1 aliphatic heterocycles. The van der Waals surface area contributed by atoms with Gasteiger partial charge in [-0.05, 0) is 24.2 Å². The zero-order chi connectivity index (χ0) is 12.8. The summed E-state index contributed by atoms with van der Waals surface area (Å²) < 4.78 is 0. The molecule has 96 valence electrons. The minimum atomic E-state index is -0.835. The second-order valence-corrected chi connectivity index (χ2v) is 6.15. The Morgan fingerprint density at radius 1 is 1.29 bits per heavy atom. The van der Waals surface area contributed by atoms with Crippen LogP contribution in [0.4, 0.5) is 0 Å². The predicted octanol–water partition coefficient (Wildman–Crippen LogP) is 1.60.